The van der Waals surface area contributed by atoms with Crippen LogP contribution in [0.4, 0.5) is 0 Å². The van der Waals surface area contributed by atoms with E-state index in [1.54, 1.807) is 0 Å². The molecule has 1 amide bonds. The monoisotopic (exact) mass is 275 g/mol. The zero-order valence-electron chi connectivity index (χ0n) is 10.8. The molecule has 0 atom stereocenters. The van der Waals surface area contributed by atoms with Gasteiger partial charge in [0, 0.05) is 13.1 Å². The lowest BCUT2D eigenvalue weighted by Gasteiger charge is -2.26. The molecule has 1 fully saturated rings. The molecule has 1 aromatic heterocycles. The van der Waals surface area contributed by atoms with E-state index in [4.69, 9.17) is 12.2 Å². The number of nitrogens with one attached hydrogen (secondary N) is 1. The summed E-state index contributed by atoms with van der Waals surface area (Å²) in [6.07, 6.45) is 3.46. The van der Waals surface area contributed by atoms with E-state index in [9.17, 15) is 4.79 Å². The topological polar surface area (TPSA) is 41.0 Å². The molecule has 4 nitrogen and oxygen atoms in total. The molecule has 2 aromatic rings. The predicted octanol–water partition coefficient (Wildman–Crippen LogP) is 2.71. The van der Waals surface area contributed by atoms with E-state index < -0.39 is 0 Å². The van der Waals surface area contributed by atoms with Crippen molar-refractivity contribution in [3.05, 3.63) is 29.0 Å². The van der Waals surface area contributed by atoms with Crippen LogP contribution in [0.15, 0.2) is 24.3 Å². The highest BCUT2D eigenvalue weighted by Gasteiger charge is 2.17. The number of benzene rings is 1. The van der Waals surface area contributed by atoms with Crippen molar-refractivity contribution in [2.75, 3.05) is 13.1 Å². The Bertz CT molecular complexity index is 652. The minimum Gasteiger partial charge on any atom is -0.341 e. The standard InChI is InChI=1S/C14H17N3OS/c18-13(16-8-4-1-5-9-16)10-17-12-7-3-2-6-11(12)15-14(17)19/h2-3,6-7H,1,4-5,8-10H2,(H,15,19). The van der Waals surface area contributed by atoms with Crippen LogP contribution in [0, 0.1) is 4.77 Å². The van der Waals surface area contributed by atoms with Crippen molar-refractivity contribution >= 4 is 29.2 Å². The van der Waals surface area contributed by atoms with Crippen LogP contribution in [0.25, 0.3) is 11.0 Å². The summed E-state index contributed by atoms with van der Waals surface area (Å²) in [4.78, 5) is 17.4. The van der Waals surface area contributed by atoms with Gasteiger partial charge in [0.25, 0.3) is 0 Å². The molecule has 100 valence electrons. The number of imidazole rings is 1. The quantitative estimate of drug-likeness (QED) is 0.856. The fraction of sp³-hybridized carbons (Fsp3) is 0.429. The third-order valence-electron chi connectivity index (χ3n) is 3.68. The number of amides is 1. The van der Waals surface area contributed by atoms with Crippen LogP contribution >= 0.6 is 12.2 Å². The Labute approximate surface area is 117 Å². The average molecular weight is 275 g/mol. The molecule has 0 saturated carbocycles. The summed E-state index contributed by atoms with van der Waals surface area (Å²) in [6, 6.07) is 7.90. The molecule has 2 heterocycles. The number of H-pyrrole nitrogens is 1. The van der Waals surface area contributed by atoms with Crippen molar-refractivity contribution in [3.63, 3.8) is 0 Å². The van der Waals surface area contributed by atoms with Crippen LogP contribution in [-0.2, 0) is 11.3 Å². The van der Waals surface area contributed by atoms with Gasteiger partial charge in [0.2, 0.25) is 5.91 Å². The highest BCUT2D eigenvalue weighted by atomic mass is 32.1. The molecule has 1 aliphatic rings. The molecule has 0 aliphatic carbocycles. The first kappa shape index (κ1) is 12.4. The van der Waals surface area contributed by atoms with Crippen molar-refractivity contribution in [1.82, 2.24) is 14.5 Å². The maximum Gasteiger partial charge on any atom is 0.242 e. The second kappa shape index (κ2) is 5.17. The number of likely N-dealkylation sites (tertiary alicyclic amines) is 1. The molecule has 1 aromatic carbocycles. The van der Waals surface area contributed by atoms with E-state index in [0.717, 1.165) is 37.0 Å². The second-order valence-corrected chi connectivity index (χ2v) is 5.36. The number of carbonyl (C=O) groups excluding carboxylic acids is 1. The summed E-state index contributed by atoms with van der Waals surface area (Å²) >= 11 is 5.31. The van der Waals surface area contributed by atoms with Gasteiger partial charge in [-0.1, -0.05) is 12.1 Å². The number of hydrogen-bond donors (Lipinski definition) is 1. The maximum atomic E-state index is 12.3. The highest BCUT2D eigenvalue weighted by Crippen LogP contribution is 2.15. The number of nitrogens with zero attached hydrogens (tertiary/aromatic N) is 2. The van der Waals surface area contributed by atoms with Gasteiger partial charge in [0.05, 0.1) is 11.0 Å². The van der Waals surface area contributed by atoms with Crippen molar-refractivity contribution in [1.29, 1.82) is 0 Å². The van der Waals surface area contributed by atoms with Crippen molar-refractivity contribution in [2.45, 2.75) is 25.8 Å². The number of aromatic amines is 1. The number of rotatable bonds is 2. The molecule has 0 radical (unpaired) electrons. The molecule has 1 saturated heterocycles. The van der Waals surface area contributed by atoms with Gasteiger partial charge in [0.1, 0.15) is 6.54 Å². The van der Waals surface area contributed by atoms with E-state index in [1.165, 1.54) is 6.42 Å². The first-order chi connectivity index (χ1) is 9.25. The molecule has 1 aliphatic heterocycles. The highest BCUT2D eigenvalue weighted by molar-refractivity contribution is 7.71. The first-order valence-electron chi connectivity index (χ1n) is 6.71. The molecular formula is C14H17N3OS. The predicted molar refractivity (Wildman–Crippen MR) is 77.6 cm³/mol. The number of piperidine rings is 1. The van der Waals surface area contributed by atoms with Gasteiger partial charge >= 0.3 is 0 Å². The van der Waals surface area contributed by atoms with E-state index in [1.807, 2.05) is 33.7 Å². The smallest absolute Gasteiger partial charge is 0.242 e. The number of carbonyl (C=O) groups is 1. The normalized spacial score (nSPS) is 15.9. The SMILES string of the molecule is O=C(Cn1c(=S)[nH]c2ccccc21)N1CCCCC1. The Morgan fingerprint density at radius 3 is 2.74 bits per heavy atom. The number of hydrogen-bond acceptors (Lipinski definition) is 2. The maximum absolute atomic E-state index is 12.3. The zero-order chi connectivity index (χ0) is 13.2. The van der Waals surface area contributed by atoms with Crippen molar-refractivity contribution in [3.8, 4) is 0 Å². The van der Waals surface area contributed by atoms with E-state index >= 15 is 0 Å². The summed E-state index contributed by atoms with van der Waals surface area (Å²) in [7, 11) is 0. The average Bonchev–Trinajstić information content (AvgIpc) is 2.76. The number of aromatic nitrogens is 2. The van der Waals surface area contributed by atoms with Gasteiger partial charge in [-0.2, -0.15) is 0 Å². The zero-order valence-corrected chi connectivity index (χ0v) is 11.6. The largest absolute Gasteiger partial charge is 0.341 e. The van der Waals surface area contributed by atoms with Crippen LogP contribution in [0.1, 0.15) is 19.3 Å². The van der Waals surface area contributed by atoms with Gasteiger partial charge in [-0.25, -0.2) is 0 Å². The Kier molecular flexibility index (Phi) is 3.38. The molecular weight excluding hydrogens is 258 g/mol. The van der Waals surface area contributed by atoms with Crippen LogP contribution in [0.2, 0.25) is 0 Å². The number of fused-ring (bicyclic) bond motifs is 1. The van der Waals surface area contributed by atoms with Crippen LogP contribution in [0.5, 0.6) is 0 Å². The molecule has 19 heavy (non-hydrogen) atoms. The molecule has 0 spiro atoms. The molecule has 3 rings (SSSR count). The van der Waals surface area contributed by atoms with Gasteiger partial charge in [-0.15, -0.1) is 0 Å². The summed E-state index contributed by atoms with van der Waals surface area (Å²) in [5.41, 5.74) is 1.98. The van der Waals surface area contributed by atoms with Crippen molar-refractivity contribution < 1.29 is 4.79 Å². The lowest BCUT2D eigenvalue weighted by Crippen LogP contribution is -2.37. The summed E-state index contributed by atoms with van der Waals surface area (Å²) in [6.45, 7) is 2.10. The Morgan fingerprint density at radius 2 is 1.95 bits per heavy atom. The molecule has 1 N–H and O–H groups in total. The van der Waals surface area contributed by atoms with Crippen LogP contribution in [0.3, 0.4) is 0 Å². The van der Waals surface area contributed by atoms with Crippen LogP contribution < -0.4 is 0 Å². The fourth-order valence-electron chi connectivity index (χ4n) is 2.64. The van der Waals surface area contributed by atoms with Gasteiger partial charge in [-0.05, 0) is 43.6 Å². The molecule has 5 heteroatoms. The number of para-hydroxylation sites is 2. The summed E-state index contributed by atoms with van der Waals surface area (Å²) in [5.74, 6) is 0.167. The van der Waals surface area contributed by atoms with Gasteiger partial charge < -0.3 is 14.5 Å². The Balaban J connectivity index is 1.86. The summed E-state index contributed by atoms with van der Waals surface area (Å²) < 4.78 is 2.51. The van der Waals surface area contributed by atoms with Gasteiger partial charge in [-0.3, -0.25) is 4.79 Å². The lowest BCUT2D eigenvalue weighted by molar-refractivity contribution is -0.132. The molecule has 0 unspecified atom stereocenters. The minimum absolute atomic E-state index is 0.167. The van der Waals surface area contributed by atoms with Crippen LogP contribution in [-0.4, -0.2) is 33.4 Å². The third-order valence-corrected chi connectivity index (χ3v) is 4.01. The third kappa shape index (κ3) is 2.42. The van der Waals surface area contributed by atoms with Gasteiger partial charge in [0.15, 0.2) is 4.77 Å². The Hall–Kier alpha value is -1.62. The minimum atomic E-state index is 0.167. The fourth-order valence-corrected chi connectivity index (χ4v) is 2.92. The lowest BCUT2D eigenvalue weighted by atomic mass is 10.1. The van der Waals surface area contributed by atoms with E-state index in [-0.39, 0.29) is 5.91 Å². The Morgan fingerprint density at radius 1 is 1.21 bits per heavy atom. The summed E-state index contributed by atoms with van der Waals surface area (Å²) in [5, 5.41) is 0. The van der Waals surface area contributed by atoms with E-state index in [2.05, 4.69) is 4.98 Å². The second-order valence-electron chi connectivity index (χ2n) is 4.97. The molecule has 0 bridgehead atoms. The van der Waals surface area contributed by atoms with E-state index in [0.29, 0.717) is 11.3 Å². The van der Waals surface area contributed by atoms with Crippen molar-refractivity contribution in [2.24, 2.45) is 0 Å². The first-order valence-corrected chi connectivity index (χ1v) is 7.12.